The quantitative estimate of drug-likeness (QED) is 0.335. The Morgan fingerprint density at radius 1 is 1.10 bits per heavy atom. The summed E-state index contributed by atoms with van der Waals surface area (Å²) in [5.41, 5.74) is 0.718. The molecule has 0 aromatic heterocycles. The van der Waals surface area contributed by atoms with Crippen molar-refractivity contribution in [2.45, 2.75) is 6.61 Å². The summed E-state index contributed by atoms with van der Waals surface area (Å²) in [6, 6.07) is 6.72. The molecule has 0 unspecified atom stereocenters. The molecule has 0 fully saturated rings. The Morgan fingerprint density at radius 3 is 2.52 bits per heavy atom. The van der Waals surface area contributed by atoms with Crippen LogP contribution >= 0.6 is 0 Å². The van der Waals surface area contributed by atoms with Crippen LogP contribution in [0.3, 0.4) is 0 Å². The van der Waals surface area contributed by atoms with E-state index in [1.807, 2.05) is 0 Å². The molecule has 2 aromatic carbocycles. The number of hydrogen-bond donors (Lipinski definition) is 3. The summed E-state index contributed by atoms with van der Waals surface area (Å²) in [6.45, 7) is 0.323. The molecule has 7 nitrogen and oxygen atoms in total. The minimum absolute atomic E-state index is 0.111. The summed E-state index contributed by atoms with van der Waals surface area (Å²) in [6.07, 6.45) is 0. The third-order valence-electron chi connectivity index (χ3n) is 2.92. The molecule has 3 rings (SSSR count). The van der Waals surface area contributed by atoms with Crippen molar-refractivity contribution in [1.29, 1.82) is 0 Å². The van der Waals surface area contributed by atoms with Gasteiger partial charge in [-0.05, 0) is 24.3 Å². The average Bonchev–Trinajstić information content (AvgIpc) is 2.91. The molecular formula is C14H10O7. The van der Waals surface area contributed by atoms with Gasteiger partial charge in [0.15, 0.2) is 23.0 Å². The van der Waals surface area contributed by atoms with Crippen LogP contribution in [0.2, 0.25) is 0 Å². The van der Waals surface area contributed by atoms with Gasteiger partial charge < -0.3 is 24.9 Å². The van der Waals surface area contributed by atoms with Crippen LogP contribution in [0, 0.1) is 0 Å². The lowest BCUT2D eigenvalue weighted by Gasteiger charge is -2.07. The van der Waals surface area contributed by atoms with E-state index in [2.05, 4.69) is 0 Å². The molecule has 0 amide bonds. The molecule has 0 atom stereocenters. The summed E-state index contributed by atoms with van der Waals surface area (Å²) >= 11 is 0. The number of carbonyl (C=O) groups is 1. The highest BCUT2D eigenvalue weighted by Gasteiger charge is 2.18. The Labute approximate surface area is 118 Å². The minimum Gasteiger partial charge on any atom is -0.504 e. The van der Waals surface area contributed by atoms with Crippen molar-refractivity contribution in [3.63, 3.8) is 0 Å². The lowest BCUT2D eigenvalue weighted by Crippen LogP contribution is -2.08. The van der Waals surface area contributed by atoms with E-state index >= 15 is 0 Å². The number of ether oxygens (including phenoxy) is 1. The molecule has 7 heteroatoms. The van der Waals surface area contributed by atoms with Crippen molar-refractivity contribution in [3.05, 3.63) is 41.5 Å². The van der Waals surface area contributed by atoms with Crippen LogP contribution in [0.15, 0.2) is 30.3 Å². The highest BCUT2D eigenvalue weighted by Crippen LogP contribution is 2.36. The van der Waals surface area contributed by atoms with E-state index in [4.69, 9.17) is 14.5 Å². The highest BCUT2D eigenvalue weighted by molar-refractivity contribution is 5.92. The number of phenols is 3. The number of rotatable bonds is 2. The molecule has 108 valence electrons. The standard InChI is InChI=1S/C14H10O7/c15-10-3-8(4-11(16)13(10)17)14(18)20-9-2-1-7-6-19-21-12(7)5-9/h1-5,15-17H,6H2. The van der Waals surface area contributed by atoms with E-state index in [0.29, 0.717) is 12.4 Å². The molecule has 3 N–H and O–H groups in total. The monoisotopic (exact) mass is 290 g/mol. The molecule has 2 aromatic rings. The first kappa shape index (κ1) is 13.1. The van der Waals surface area contributed by atoms with E-state index in [1.165, 1.54) is 6.07 Å². The maximum absolute atomic E-state index is 11.9. The van der Waals surface area contributed by atoms with Crippen LogP contribution in [0.4, 0.5) is 0 Å². The largest absolute Gasteiger partial charge is 0.504 e. The number of phenolic OH excluding ortho intramolecular Hbond substituents is 3. The lowest BCUT2D eigenvalue weighted by molar-refractivity contribution is -0.194. The van der Waals surface area contributed by atoms with Crippen LogP contribution in [0.5, 0.6) is 28.7 Å². The SMILES string of the molecule is O=C(Oc1ccc2c(c1)OOC2)c1cc(O)c(O)c(O)c1. The number of esters is 1. The first-order valence-corrected chi connectivity index (χ1v) is 5.94. The maximum Gasteiger partial charge on any atom is 0.343 e. The van der Waals surface area contributed by atoms with Gasteiger partial charge in [-0.25, -0.2) is 4.79 Å². The van der Waals surface area contributed by atoms with Crippen LogP contribution in [-0.2, 0) is 11.5 Å². The number of carbonyl (C=O) groups excluding carboxylic acids is 1. The summed E-state index contributed by atoms with van der Waals surface area (Å²) in [5.74, 6) is -2.07. The fourth-order valence-corrected chi connectivity index (χ4v) is 1.84. The second-order valence-corrected chi connectivity index (χ2v) is 4.37. The van der Waals surface area contributed by atoms with Crippen molar-refractivity contribution in [1.82, 2.24) is 0 Å². The third kappa shape index (κ3) is 2.41. The molecule has 1 aliphatic heterocycles. The van der Waals surface area contributed by atoms with Crippen LogP contribution in [-0.4, -0.2) is 21.3 Å². The zero-order valence-corrected chi connectivity index (χ0v) is 10.6. The Morgan fingerprint density at radius 2 is 1.81 bits per heavy atom. The minimum atomic E-state index is -0.806. The number of benzene rings is 2. The van der Waals surface area contributed by atoms with Crippen molar-refractivity contribution < 1.29 is 34.6 Å². The molecule has 0 spiro atoms. The number of aromatic hydroxyl groups is 3. The molecule has 1 aliphatic rings. The van der Waals surface area contributed by atoms with Gasteiger partial charge in [0.2, 0.25) is 0 Å². The van der Waals surface area contributed by atoms with E-state index in [-0.39, 0.29) is 11.3 Å². The lowest BCUT2D eigenvalue weighted by atomic mass is 10.2. The fourth-order valence-electron chi connectivity index (χ4n) is 1.84. The van der Waals surface area contributed by atoms with Crippen LogP contribution in [0.25, 0.3) is 0 Å². The Balaban J connectivity index is 1.83. The van der Waals surface area contributed by atoms with Gasteiger partial charge in [-0.1, -0.05) is 0 Å². The summed E-state index contributed by atoms with van der Waals surface area (Å²) in [5, 5.41) is 28.0. The molecular weight excluding hydrogens is 280 g/mol. The van der Waals surface area contributed by atoms with E-state index in [0.717, 1.165) is 17.7 Å². The maximum atomic E-state index is 11.9. The molecule has 0 saturated heterocycles. The molecule has 21 heavy (non-hydrogen) atoms. The van der Waals surface area contributed by atoms with Gasteiger partial charge in [0.1, 0.15) is 12.4 Å². The van der Waals surface area contributed by atoms with E-state index in [9.17, 15) is 20.1 Å². The van der Waals surface area contributed by atoms with Gasteiger partial charge in [-0.3, -0.25) is 0 Å². The first-order chi connectivity index (χ1) is 10.0. The highest BCUT2D eigenvalue weighted by atomic mass is 17.2. The zero-order chi connectivity index (χ0) is 15.0. The smallest absolute Gasteiger partial charge is 0.343 e. The van der Waals surface area contributed by atoms with Crippen LogP contribution < -0.4 is 9.62 Å². The summed E-state index contributed by atoms with van der Waals surface area (Å²) in [4.78, 5) is 21.6. The van der Waals surface area contributed by atoms with Gasteiger partial charge in [0.25, 0.3) is 0 Å². The summed E-state index contributed by atoms with van der Waals surface area (Å²) in [7, 11) is 0. The van der Waals surface area contributed by atoms with Gasteiger partial charge in [0, 0.05) is 11.6 Å². The van der Waals surface area contributed by atoms with Crippen molar-refractivity contribution >= 4 is 5.97 Å². The molecule has 0 radical (unpaired) electrons. The topological polar surface area (TPSA) is 105 Å². The molecule has 1 heterocycles. The second-order valence-electron chi connectivity index (χ2n) is 4.37. The predicted octanol–water partition coefficient (Wildman–Crippen LogP) is 1.85. The molecule has 0 aliphatic carbocycles. The third-order valence-corrected chi connectivity index (χ3v) is 2.92. The Bertz CT molecular complexity index is 700. The van der Waals surface area contributed by atoms with Crippen LogP contribution in [0.1, 0.15) is 15.9 Å². The Hall–Kier alpha value is -2.93. The number of hydrogen-bond acceptors (Lipinski definition) is 7. The second kappa shape index (κ2) is 4.88. The fraction of sp³-hybridized carbons (Fsp3) is 0.0714. The zero-order valence-electron chi connectivity index (χ0n) is 10.6. The molecule has 0 saturated carbocycles. The van der Waals surface area contributed by atoms with Gasteiger partial charge in [0.05, 0.1) is 5.56 Å². The van der Waals surface area contributed by atoms with Crippen molar-refractivity contribution in [2.24, 2.45) is 0 Å². The van der Waals surface area contributed by atoms with E-state index < -0.39 is 23.2 Å². The van der Waals surface area contributed by atoms with Gasteiger partial charge in [-0.2, -0.15) is 4.89 Å². The van der Waals surface area contributed by atoms with Gasteiger partial charge >= 0.3 is 5.97 Å². The number of fused-ring (bicyclic) bond motifs is 1. The molecule has 0 bridgehead atoms. The Kier molecular flexibility index (Phi) is 3.03. The first-order valence-electron chi connectivity index (χ1n) is 5.94. The van der Waals surface area contributed by atoms with E-state index in [1.54, 1.807) is 12.1 Å². The predicted molar refractivity (Wildman–Crippen MR) is 68.3 cm³/mol. The normalized spacial score (nSPS) is 12.6. The van der Waals surface area contributed by atoms with Gasteiger partial charge in [-0.15, -0.1) is 0 Å². The average molecular weight is 290 g/mol. The summed E-state index contributed by atoms with van der Waals surface area (Å²) < 4.78 is 5.10. The van der Waals surface area contributed by atoms with Crippen molar-refractivity contribution in [3.8, 4) is 28.7 Å². The van der Waals surface area contributed by atoms with Crippen molar-refractivity contribution in [2.75, 3.05) is 0 Å².